The summed E-state index contributed by atoms with van der Waals surface area (Å²) >= 11 is 0. The van der Waals surface area contributed by atoms with Crippen molar-refractivity contribution in [3.63, 3.8) is 0 Å². The Labute approximate surface area is 186 Å². The molecule has 6 nitrogen and oxygen atoms in total. The van der Waals surface area contributed by atoms with Gasteiger partial charge in [0, 0.05) is 57.2 Å². The van der Waals surface area contributed by atoms with E-state index in [1.54, 1.807) is 0 Å². The Hall–Kier alpha value is -2.34. The zero-order valence-electron chi connectivity index (χ0n) is 19.3. The number of hydrogen-bond donors (Lipinski definition) is 0. The van der Waals surface area contributed by atoms with E-state index in [0.29, 0.717) is 12.0 Å². The van der Waals surface area contributed by atoms with Gasteiger partial charge in [0.25, 0.3) is 0 Å². The second-order valence-corrected chi connectivity index (χ2v) is 9.44. The van der Waals surface area contributed by atoms with Crippen LogP contribution < -0.4 is 4.90 Å². The number of nitrogens with zero attached hydrogens (tertiary/aromatic N) is 5. The third kappa shape index (κ3) is 4.95. The molecule has 168 valence electrons. The molecule has 4 rings (SSSR count). The number of rotatable bonds is 6. The number of piperidine rings is 1. The number of anilines is 1. The lowest BCUT2D eigenvalue weighted by Gasteiger charge is -2.44. The fourth-order valence-electron chi connectivity index (χ4n) is 4.82. The number of likely N-dealkylation sites (tertiary alicyclic amines) is 1. The fourth-order valence-corrected chi connectivity index (χ4v) is 4.82. The molecule has 2 unspecified atom stereocenters. The van der Waals surface area contributed by atoms with Gasteiger partial charge >= 0.3 is 0 Å². The van der Waals surface area contributed by atoms with Crippen molar-refractivity contribution in [1.29, 1.82) is 0 Å². The molecule has 3 heterocycles. The Balaban J connectivity index is 1.52. The molecular formula is C25H37N5O. The molecule has 1 aromatic carbocycles. The minimum absolute atomic E-state index is 0.131. The van der Waals surface area contributed by atoms with E-state index in [1.807, 2.05) is 18.6 Å². The second kappa shape index (κ2) is 9.86. The average Bonchev–Trinajstić information content (AvgIpc) is 3.27. The highest BCUT2D eigenvalue weighted by atomic mass is 16.2. The fraction of sp³-hybridized carbons (Fsp3) is 0.600. The van der Waals surface area contributed by atoms with Gasteiger partial charge in [-0.2, -0.15) is 0 Å². The molecule has 1 aromatic heterocycles. The first-order chi connectivity index (χ1) is 15.0. The number of hydrogen-bond acceptors (Lipinski definition) is 4. The topological polar surface area (TPSA) is 44.6 Å². The number of carbonyl (C=O) groups excluding carboxylic acids is 1. The molecular weight excluding hydrogens is 386 g/mol. The lowest BCUT2D eigenvalue weighted by Crippen LogP contribution is -2.60. The Morgan fingerprint density at radius 3 is 2.48 bits per heavy atom. The average molecular weight is 424 g/mol. The molecule has 2 atom stereocenters. The largest absolute Gasteiger partial charge is 0.357 e. The van der Waals surface area contributed by atoms with Crippen LogP contribution in [0.25, 0.3) is 0 Å². The number of carbonyl (C=O) groups is 1. The molecule has 2 fully saturated rings. The predicted molar refractivity (Wildman–Crippen MR) is 125 cm³/mol. The standard InChI is InChI=1S/C25H37N5O/c1-20(2)21(3)30-19-26-16-23(30)17-27-14-15-29(22-10-6-4-7-11-22)24(18-27)25(31)28-12-8-5-9-13-28/h4,6-7,10-11,16,19-21,24H,5,8-9,12-15,17-18H2,1-3H3. The summed E-state index contributed by atoms with van der Waals surface area (Å²) in [4.78, 5) is 24.9. The van der Waals surface area contributed by atoms with E-state index >= 15 is 0 Å². The monoisotopic (exact) mass is 423 g/mol. The van der Waals surface area contributed by atoms with Crippen LogP contribution in [-0.2, 0) is 11.3 Å². The van der Waals surface area contributed by atoms with Gasteiger partial charge in [-0.25, -0.2) is 4.98 Å². The van der Waals surface area contributed by atoms with Crippen molar-refractivity contribution in [3.05, 3.63) is 48.5 Å². The summed E-state index contributed by atoms with van der Waals surface area (Å²) < 4.78 is 2.30. The van der Waals surface area contributed by atoms with Crippen LogP contribution in [0.5, 0.6) is 0 Å². The van der Waals surface area contributed by atoms with Crippen molar-refractivity contribution in [2.75, 3.05) is 37.6 Å². The van der Waals surface area contributed by atoms with Crippen LogP contribution in [0.3, 0.4) is 0 Å². The lowest BCUT2D eigenvalue weighted by molar-refractivity contribution is -0.134. The van der Waals surface area contributed by atoms with E-state index in [-0.39, 0.29) is 11.9 Å². The van der Waals surface area contributed by atoms with Gasteiger partial charge in [-0.3, -0.25) is 9.69 Å². The second-order valence-electron chi connectivity index (χ2n) is 9.44. The van der Waals surface area contributed by atoms with E-state index in [0.717, 1.165) is 57.8 Å². The molecule has 6 heteroatoms. The minimum Gasteiger partial charge on any atom is -0.357 e. The highest BCUT2D eigenvalue weighted by molar-refractivity contribution is 5.86. The number of para-hydroxylation sites is 1. The van der Waals surface area contributed by atoms with Crippen molar-refractivity contribution in [3.8, 4) is 0 Å². The molecule has 0 radical (unpaired) electrons. The minimum atomic E-state index is -0.131. The summed E-state index contributed by atoms with van der Waals surface area (Å²) in [7, 11) is 0. The summed E-state index contributed by atoms with van der Waals surface area (Å²) in [5.74, 6) is 0.841. The first-order valence-corrected chi connectivity index (χ1v) is 11.9. The van der Waals surface area contributed by atoms with Crippen LogP contribution in [0.2, 0.25) is 0 Å². The molecule has 0 aliphatic carbocycles. The lowest BCUT2D eigenvalue weighted by atomic mass is 10.0. The maximum Gasteiger partial charge on any atom is 0.246 e. The molecule has 2 saturated heterocycles. The normalized spacial score (nSPS) is 21.5. The molecule has 0 saturated carbocycles. The first kappa shape index (κ1) is 21.9. The van der Waals surface area contributed by atoms with Crippen LogP contribution in [0, 0.1) is 5.92 Å². The van der Waals surface area contributed by atoms with Crippen molar-refractivity contribution < 1.29 is 4.79 Å². The number of aromatic nitrogens is 2. The van der Waals surface area contributed by atoms with Gasteiger partial charge in [-0.15, -0.1) is 0 Å². The molecule has 2 aliphatic heterocycles. The zero-order chi connectivity index (χ0) is 21.8. The quantitative estimate of drug-likeness (QED) is 0.709. The molecule has 0 spiro atoms. The summed E-state index contributed by atoms with van der Waals surface area (Å²) in [6, 6.07) is 10.7. The van der Waals surface area contributed by atoms with Crippen molar-refractivity contribution >= 4 is 11.6 Å². The van der Waals surface area contributed by atoms with Crippen LogP contribution in [0.4, 0.5) is 5.69 Å². The predicted octanol–water partition coefficient (Wildman–Crippen LogP) is 3.80. The highest BCUT2D eigenvalue weighted by Crippen LogP contribution is 2.25. The molecule has 2 aromatic rings. The summed E-state index contributed by atoms with van der Waals surface area (Å²) in [5.41, 5.74) is 2.38. The van der Waals surface area contributed by atoms with Gasteiger partial charge in [-0.1, -0.05) is 32.0 Å². The summed E-state index contributed by atoms with van der Waals surface area (Å²) in [6.45, 7) is 12.0. The number of piperazine rings is 1. The van der Waals surface area contributed by atoms with E-state index < -0.39 is 0 Å². The van der Waals surface area contributed by atoms with Gasteiger partial charge in [-0.05, 0) is 44.2 Å². The van der Waals surface area contributed by atoms with Crippen molar-refractivity contribution in [1.82, 2.24) is 19.4 Å². The maximum atomic E-state index is 13.6. The van der Waals surface area contributed by atoms with Gasteiger partial charge < -0.3 is 14.4 Å². The van der Waals surface area contributed by atoms with E-state index in [4.69, 9.17) is 0 Å². The van der Waals surface area contributed by atoms with Crippen LogP contribution >= 0.6 is 0 Å². The SMILES string of the molecule is CC(C)C(C)n1cncc1CN1CCN(c2ccccc2)C(C(=O)N2CCCCC2)C1. The Morgan fingerprint density at radius 1 is 1.03 bits per heavy atom. The van der Waals surface area contributed by atoms with Gasteiger partial charge in [0.15, 0.2) is 0 Å². The summed E-state index contributed by atoms with van der Waals surface area (Å²) in [5, 5.41) is 0. The van der Waals surface area contributed by atoms with Crippen molar-refractivity contribution in [2.45, 2.75) is 58.7 Å². The molecule has 0 bridgehead atoms. The Bertz CT molecular complexity index is 843. The summed E-state index contributed by atoms with van der Waals surface area (Å²) in [6.07, 6.45) is 7.43. The first-order valence-electron chi connectivity index (χ1n) is 11.9. The van der Waals surface area contributed by atoms with Gasteiger partial charge in [0.05, 0.1) is 12.0 Å². The highest BCUT2D eigenvalue weighted by Gasteiger charge is 2.35. The third-order valence-electron chi connectivity index (χ3n) is 7.04. The van der Waals surface area contributed by atoms with Crippen LogP contribution in [-0.4, -0.2) is 64.0 Å². The third-order valence-corrected chi connectivity index (χ3v) is 7.04. The molecule has 1 amide bonds. The maximum absolute atomic E-state index is 13.6. The van der Waals surface area contributed by atoms with Crippen molar-refractivity contribution in [2.24, 2.45) is 5.92 Å². The number of imidazole rings is 1. The molecule has 31 heavy (non-hydrogen) atoms. The van der Waals surface area contributed by atoms with Gasteiger partial charge in [0.1, 0.15) is 6.04 Å². The molecule has 2 aliphatic rings. The van der Waals surface area contributed by atoms with Crippen LogP contribution in [0.1, 0.15) is 51.8 Å². The smallest absolute Gasteiger partial charge is 0.246 e. The molecule has 0 N–H and O–H groups in total. The zero-order valence-corrected chi connectivity index (χ0v) is 19.3. The number of amides is 1. The van der Waals surface area contributed by atoms with E-state index in [2.05, 4.69) is 69.3 Å². The van der Waals surface area contributed by atoms with E-state index in [9.17, 15) is 4.79 Å². The Kier molecular flexibility index (Phi) is 6.96. The van der Waals surface area contributed by atoms with E-state index in [1.165, 1.54) is 12.1 Å². The van der Waals surface area contributed by atoms with Gasteiger partial charge in [0.2, 0.25) is 5.91 Å². The Morgan fingerprint density at radius 2 is 1.77 bits per heavy atom. The number of benzene rings is 1. The van der Waals surface area contributed by atoms with Crippen LogP contribution in [0.15, 0.2) is 42.9 Å².